The first-order valence-corrected chi connectivity index (χ1v) is 14.5. The summed E-state index contributed by atoms with van der Waals surface area (Å²) in [5, 5.41) is 3.36. The van der Waals surface area contributed by atoms with Gasteiger partial charge < -0.3 is 8.97 Å². The molecule has 1 aliphatic rings. The number of pyridine rings is 1. The first-order valence-electron chi connectivity index (χ1n) is 14.5. The Morgan fingerprint density at radius 2 is 1.09 bits per heavy atom. The molecule has 0 radical (unpaired) electrons. The molecule has 6 aromatic carbocycles. The molecule has 0 spiro atoms. The average Bonchev–Trinajstić information content (AvgIpc) is 3.05. The van der Waals surface area contributed by atoms with Gasteiger partial charge in [-0.25, -0.2) is 4.79 Å². The Bertz CT molecular complexity index is 3030. The van der Waals surface area contributed by atoms with Gasteiger partial charge in [0.05, 0.1) is 49.7 Å². The summed E-state index contributed by atoms with van der Waals surface area (Å²) in [6.07, 6.45) is 0.808. The average molecular weight is 553 g/mol. The third-order valence-corrected chi connectivity index (χ3v) is 9.69. The topological polar surface area (TPSA) is 52.3 Å². The maximum Gasteiger partial charge on any atom is 0.338 e. The number of rotatable bonds is 0. The highest BCUT2D eigenvalue weighted by Crippen LogP contribution is 2.41. The number of fused-ring (bicyclic) bond motifs is 8. The number of hydrogen-bond donors (Lipinski definition) is 0. The van der Waals surface area contributed by atoms with Gasteiger partial charge in [-0.05, 0) is 65.0 Å². The minimum atomic E-state index is -0.139. The molecule has 1 aliphatic heterocycles. The molecule has 10 aromatic rings. The SMILES string of the molecule is O=c1c2ccccc2n2c3ccc4ccc5c6c4c3n(c(=O)n6c3cccc4c3n5-c3ccccc3C4)c3cccc1c32. The van der Waals surface area contributed by atoms with Gasteiger partial charge in [-0.1, -0.05) is 60.7 Å². The second-order valence-corrected chi connectivity index (χ2v) is 11.7. The molecule has 0 saturated carbocycles. The monoisotopic (exact) mass is 552 g/mol. The molecule has 0 aliphatic carbocycles. The van der Waals surface area contributed by atoms with E-state index in [2.05, 4.69) is 75.7 Å². The minimum absolute atomic E-state index is 0.0234. The summed E-state index contributed by atoms with van der Waals surface area (Å²) in [6.45, 7) is 0. The Labute approximate surface area is 241 Å². The quantitative estimate of drug-likeness (QED) is 0.149. The second kappa shape index (κ2) is 7.12. The Hall–Kier alpha value is -5.88. The van der Waals surface area contributed by atoms with E-state index in [0.717, 1.165) is 72.5 Å². The van der Waals surface area contributed by atoms with Gasteiger partial charge in [0, 0.05) is 28.3 Å². The van der Waals surface area contributed by atoms with E-state index in [0.29, 0.717) is 10.8 Å². The fraction of sp³-hybridized carbons (Fsp3) is 0.0270. The van der Waals surface area contributed by atoms with E-state index >= 15 is 4.79 Å². The number of para-hydroxylation sites is 4. The highest BCUT2D eigenvalue weighted by molar-refractivity contribution is 6.21. The van der Waals surface area contributed by atoms with Crippen LogP contribution in [0.3, 0.4) is 0 Å². The van der Waals surface area contributed by atoms with Crippen LogP contribution in [-0.2, 0) is 6.42 Å². The standard InChI is InChI=1S/C37H20N4O2/c42-36-23-9-2-4-12-26(23)39-30-18-16-20-15-17-29-34-31(20)35(30)41(28-14-6-10-24(36)33(28)39)37(43)40(34)27-13-5-8-22-19-21-7-1-3-11-25(21)38(29)32(22)27/h1-18H,19H2. The summed E-state index contributed by atoms with van der Waals surface area (Å²) < 4.78 is 8.28. The van der Waals surface area contributed by atoms with Crippen LogP contribution in [0.15, 0.2) is 119 Å². The number of nitrogens with zero attached hydrogens (tertiary/aromatic N) is 4. The lowest BCUT2D eigenvalue weighted by molar-refractivity contribution is 0.964. The van der Waals surface area contributed by atoms with Gasteiger partial charge >= 0.3 is 5.69 Å². The van der Waals surface area contributed by atoms with E-state index in [1.165, 1.54) is 11.1 Å². The number of aromatic nitrogens is 4. The molecular formula is C37H20N4O2. The summed E-state index contributed by atoms with van der Waals surface area (Å²) in [5.41, 5.74) is 11.3. The van der Waals surface area contributed by atoms with Crippen molar-refractivity contribution < 1.29 is 0 Å². The summed E-state index contributed by atoms with van der Waals surface area (Å²) in [6, 6.07) is 36.9. The fourth-order valence-electron chi connectivity index (χ4n) is 8.03. The third kappa shape index (κ3) is 2.34. The molecule has 5 heterocycles. The summed E-state index contributed by atoms with van der Waals surface area (Å²) in [5.74, 6) is 0. The molecule has 11 rings (SSSR count). The van der Waals surface area contributed by atoms with Crippen molar-refractivity contribution in [3.8, 4) is 5.69 Å². The molecule has 200 valence electrons. The van der Waals surface area contributed by atoms with Crippen LogP contribution in [0.5, 0.6) is 0 Å². The van der Waals surface area contributed by atoms with Crippen molar-refractivity contribution in [3.05, 3.63) is 141 Å². The molecule has 0 N–H and O–H groups in total. The van der Waals surface area contributed by atoms with E-state index in [-0.39, 0.29) is 11.1 Å². The predicted molar refractivity (Wildman–Crippen MR) is 173 cm³/mol. The van der Waals surface area contributed by atoms with Gasteiger partial charge in [0.1, 0.15) is 0 Å². The molecule has 4 aromatic heterocycles. The van der Waals surface area contributed by atoms with Gasteiger partial charge in [-0.3, -0.25) is 13.6 Å². The van der Waals surface area contributed by atoms with Crippen LogP contribution in [0.1, 0.15) is 11.1 Å². The van der Waals surface area contributed by atoms with Crippen molar-refractivity contribution in [1.29, 1.82) is 0 Å². The Kier molecular flexibility index (Phi) is 3.61. The van der Waals surface area contributed by atoms with Gasteiger partial charge in [-0.15, -0.1) is 0 Å². The molecule has 0 amide bonds. The van der Waals surface area contributed by atoms with E-state index in [4.69, 9.17) is 0 Å². The summed E-state index contributed by atoms with van der Waals surface area (Å²) in [7, 11) is 0. The highest BCUT2D eigenvalue weighted by atomic mass is 16.1. The van der Waals surface area contributed by atoms with Crippen molar-refractivity contribution in [2.45, 2.75) is 6.42 Å². The normalized spacial score (nSPS) is 13.2. The minimum Gasteiger partial charge on any atom is -0.306 e. The van der Waals surface area contributed by atoms with Gasteiger partial charge in [-0.2, -0.15) is 0 Å². The molecule has 0 atom stereocenters. The zero-order valence-corrected chi connectivity index (χ0v) is 22.7. The highest BCUT2D eigenvalue weighted by Gasteiger charge is 2.27. The van der Waals surface area contributed by atoms with E-state index < -0.39 is 0 Å². The van der Waals surface area contributed by atoms with Gasteiger partial charge in [0.15, 0.2) is 5.43 Å². The maximum atomic E-state index is 15.0. The smallest absolute Gasteiger partial charge is 0.306 e. The molecule has 0 unspecified atom stereocenters. The second-order valence-electron chi connectivity index (χ2n) is 11.7. The largest absolute Gasteiger partial charge is 0.338 e. The summed E-state index contributed by atoms with van der Waals surface area (Å²) in [4.78, 5) is 28.8. The predicted octanol–water partition coefficient (Wildman–Crippen LogP) is 7.06. The number of benzene rings is 6. The summed E-state index contributed by atoms with van der Waals surface area (Å²) >= 11 is 0. The van der Waals surface area contributed by atoms with Crippen LogP contribution < -0.4 is 11.1 Å². The molecular weight excluding hydrogens is 532 g/mol. The third-order valence-electron chi connectivity index (χ3n) is 9.69. The van der Waals surface area contributed by atoms with Crippen LogP contribution in [0.4, 0.5) is 0 Å². The lowest BCUT2D eigenvalue weighted by Crippen LogP contribution is -2.27. The van der Waals surface area contributed by atoms with Crippen LogP contribution in [0.25, 0.3) is 76.9 Å². The molecule has 0 fully saturated rings. The Morgan fingerprint density at radius 1 is 0.465 bits per heavy atom. The molecule has 6 nitrogen and oxygen atoms in total. The van der Waals surface area contributed by atoms with Crippen LogP contribution in [0, 0.1) is 0 Å². The lowest BCUT2D eigenvalue weighted by Gasteiger charge is -2.28. The van der Waals surface area contributed by atoms with Crippen molar-refractivity contribution in [1.82, 2.24) is 17.8 Å². The first kappa shape index (κ1) is 21.8. The number of hydrogen-bond acceptors (Lipinski definition) is 2. The van der Waals surface area contributed by atoms with Crippen molar-refractivity contribution >= 4 is 71.2 Å². The fourth-order valence-corrected chi connectivity index (χ4v) is 8.03. The maximum absolute atomic E-state index is 15.0. The van der Waals surface area contributed by atoms with Crippen LogP contribution in [0.2, 0.25) is 0 Å². The Balaban J connectivity index is 1.54. The van der Waals surface area contributed by atoms with Crippen molar-refractivity contribution in [3.63, 3.8) is 0 Å². The molecule has 0 bridgehead atoms. The lowest BCUT2D eigenvalue weighted by atomic mass is 9.96. The Morgan fingerprint density at radius 3 is 1.98 bits per heavy atom. The van der Waals surface area contributed by atoms with Gasteiger partial charge in [0.2, 0.25) is 0 Å². The van der Waals surface area contributed by atoms with Crippen molar-refractivity contribution in [2.24, 2.45) is 0 Å². The molecule has 0 saturated heterocycles. The van der Waals surface area contributed by atoms with Crippen LogP contribution >= 0.6 is 0 Å². The van der Waals surface area contributed by atoms with E-state index in [1.807, 2.05) is 51.3 Å². The van der Waals surface area contributed by atoms with Crippen molar-refractivity contribution in [2.75, 3.05) is 0 Å². The van der Waals surface area contributed by atoms with Crippen LogP contribution in [-0.4, -0.2) is 17.8 Å². The zero-order chi connectivity index (χ0) is 28.1. The van der Waals surface area contributed by atoms with E-state index in [1.54, 1.807) is 0 Å². The van der Waals surface area contributed by atoms with Gasteiger partial charge in [0.25, 0.3) is 0 Å². The molecule has 43 heavy (non-hydrogen) atoms. The first-order chi connectivity index (χ1) is 21.2. The zero-order valence-electron chi connectivity index (χ0n) is 22.7. The van der Waals surface area contributed by atoms with E-state index in [9.17, 15) is 4.79 Å². The molecule has 6 heteroatoms.